The second-order valence-electron chi connectivity index (χ2n) is 1.46. The van der Waals surface area contributed by atoms with Gasteiger partial charge >= 0.3 is 12.1 Å². The Balaban J connectivity index is 4.10. The third kappa shape index (κ3) is 2.05. The molecular weight excluding hydrogens is 166 g/mol. The maximum Gasteiger partial charge on any atom is 0.455 e. The van der Waals surface area contributed by atoms with E-state index in [1.807, 2.05) is 0 Å². The summed E-state index contributed by atoms with van der Waals surface area (Å²) in [7, 11) is 0. The van der Waals surface area contributed by atoms with Gasteiger partial charge in [-0.15, -0.1) is 0 Å². The lowest BCUT2D eigenvalue weighted by atomic mass is 10.3. The molecule has 0 fully saturated rings. The standard InChI is InChI=1S/C3H2F6O/c4-2(5,1-10-9)3(6,7)8/h1H2. The van der Waals surface area contributed by atoms with Crippen LogP contribution in [0.5, 0.6) is 0 Å². The van der Waals surface area contributed by atoms with Gasteiger partial charge in [0.15, 0.2) is 6.61 Å². The molecule has 0 saturated heterocycles. The Morgan fingerprint density at radius 2 is 1.40 bits per heavy atom. The molecule has 0 atom stereocenters. The zero-order valence-electron chi connectivity index (χ0n) is 4.38. The first kappa shape index (κ1) is 9.54. The fraction of sp³-hybridized carbons (Fsp3) is 1.00. The lowest BCUT2D eigenvalue weighted by molar-refractivity contribution is -0.320. The fourth-order valence-electron chi connectivity index (χ4n) is 0.150. The van der Waals surface area contributed by atoms with Crippen LogP contribution in [-0.2, 0) is 4.94 Å². The summed E-state index contributed by atoms with van der Waals surface area (Å²) in [5, 5.41) is 0. The van der Waals surface area contributed by atoms with E-state index in [-0.39, 0.29) is 0 Å². The van der Waals surface area contributed by atoms with Gasteiger partial charge < -0.3 is 0 Å². The van der Waals surface area contributed by atoms with Crippen molar-refractivity contribution in [1.82, 2.24) is 0 Å². The lowest BCUT2D eigenvalue weighted by Crippen LogP contribution is -2.40. The molecule has 0 aromatic heterocycles. The highest BCUT2D eigenvalue weighted by molar-refractivity contribution is 4.73. The first-order chi connectivity index (χ1) is 4.31. The SMILES string of the molecule is FOCC(F)(F)C(F)(F)F. The summed E-state index contributed by atoms with van der Waals surface area (Å²) in [5.41, 5.74) is 0. The van der Waals surface area contributed by atoms with Crippen LogP contribution in [0.25, 0.3) is 0 Å². The van der Waals surface area contributed by atoms with Crippen molar-refractivity contribution in [2.24, 2.45) is 0 Å². The van der Waals surface area contributed by atoms with Crippen LogP contribution < -0.4 is 0 Å². The van der Waals surface area contributed by atoms with Crippen molar-refractivity contribution in [3.8, 4) is 0 Å². The van der Waals surface area contributed by atoms with Gasteiger partial charge in [-0.05, 0) is 4.53 Å². The molecule has 10 heavy (non-hydrogen) atoms. The van der Waals surface area contributed by atoms with Crippen molar-refractivity contribution in [3.63, 3.8) is 0 Å². The molecule has 0 unspecified atom stereocenters. The summed E-state index contributed by atoms with van der Waals surface area (Å²) in [6.07, 6.45) is -5.75. The van der Waals surface area contributed by atoms with Crippen LogP contribution in [-0.4, -0.2) is 18.7 Å². The predicted octanol–water partition coefficient (Wildman–Crippen LogP) is 2.09. The molecule has 0 rings (SSSR count). The molecule has 0 aliphatic rings. The minimum absolute atomic E-state index is 2.16. The number of alkyl halides is 5. The average molecular weight is 168 g/mol. The first-order valence-corrected chi connectivity index (χ1v) is 1.99. The van der Waals surface area contributed by atoms with Gasteiger partial charge in [0, 0.05) is 0 Å². The van der Waals surface area contributed by atoms with Crippen molar-refractivity contribution in [1.29, 1.82) is 0 Å². The second-order valence-corrected chi connectivity index (χ2v) is 1.46. The summed E-state index contributed by atoms with van der Waals surface area (Å²) in [4.78, 5) is 2.16. The van der Waals surface area contributed by atoms with Crippen molar-refractivity contribution in [2.75, 3.05) is 6.61 Å². The second kappa shape index (κ2) is 2.65. The van der Waals surface area contributed by atoms with E-state index in [1.54, 1.807) is 0 Å². The summed E-state index contributed by atoms with van der Waals surface area (Å²) >= 11 is 0. The summed E-state index contributed by atoms with van der Waals surface area (Å²) in [6.45, 7) is -2.30. The molecule has 0 aromatic rings. The Morgan fingerprint density at radius 3 is 1.50 bits per heavy atom. The normalized spacial score (nSPS) is 13.8. The van der Waals surface area contributed by atoms with Crippen molar-refractivity contribution >= 4 is 0 Å². The smallest absolute Gasteiger partial charge is 0.194 e. The predicted molar refractivity (Wildman–Crippen MR) is 18.1 cm³/mol. The van der Waals surface area contributed by atoms with E-state index in [1.165, 1.54) is 0 Å². The van der Waals surface area contributed by atoms with E-state index in [2.05, 4.69) is 4.94 Å². The van der Waals surface area contributed by atoms with Crippen LogP contribution in [0.2, 0.25) is 0 Å². The summed E-state index contributed by atoms with van der Waals surface area (Å²) in [6, 6.07) is 0. The van der Waals surface area contributed by atoms with Gasteiger partial charge in [-0.3, -0.25) is 0 Å². The highest BCUT2D eigenvalue weighted by Gasteiger charge is 2.58. The van der Waals surface area contributed by atoms with E-state index in [0.29, 0.717) is 0 Å². The molecule has 0 bridgehead atoms. The molecule has 0 aromatic carbocycles. The van der Waals surface area contributed by atoms with E-state index in [9.17, 15) is 26.5 Å². The highest BCUT2D eigenvalue weighted by atomic mass is 19.4. The molecule has 0 heterocycles. The number of hydrogen-bond donors (Lipinski definition) is 0. The van der Waals surface area contributed by atoms with Crippen LogP contribution in [0.4, 0.5) is 26.5 Å². The Labute approximate surface area is 51.5 Å². The Morgan fingerprint density at radius 1 is 1.00 bits per heavy atom. The molecule has 0 saturated carbocycles. The zero-order valence-corrected chi connectivity index (χ0v) is 4.38. The molecule has 0 aliphatic carbocycles. The monoisotopic (exact) mass is 168 g/mol. The van der Waals surface area contributed by atoms with E-state index in [4.69, 9.17) is 0 Å². The van der Waals surface area contributed by atoms with Gasteiger partial charge in [-0.1, -0.05) is 0 Å². The minimum Gasteiger partial charge on any atom is -0.194 e. The topological polar surface area (TPSA) is 9.23 Å². The molecule has 0 aliphatic heterocycles. The van der Waals surface area contributed by atoms with Crippen molar-refractivity contribution in [2.45, 2.75) is 12.1 Å². The minimum atomic E-state index is -5.75. The van der Waals surface area contributed by atoms with E-state index >= 15 is 0 Å². The zero-order chi connectivity index (χ0) is 8.41. The Hall–Kier alpha value is -0.460. The van der Waals surface area contributed by atoms with E-state index < -0.39 is 18.7 Å². The van der Waals surface area contributed by atoms with Crippen LogP contribution in [0.15, 0.2) is 0 Å². The van der Waals surface area contributed by atoms with Crippen LogP contribution >= 0.6 is 0 Å². The first-order valence-electron chi connectivity index (χ1n) is 1.99. The molecule has 0 spiro atoms. The lowest BCUT2D eigenvalue weighted by Gasteiger charge is -2.16. The maximum absolute atomic E-state index is 11.4. The quantitative estimate of drug-likeness (QED) is 0.573. The van der Waals surface area contributed by atoms with Crippen LogP contribution in [0.3, 0.4) is 0 Å². The number of hydrogen-bond acceptors (Lipinski definition) is 1. The van der Waals surface area contributed by atoms with Gasteiger partial charge in [-0.2, -0.15) is 26.9 Å². The fourth-order valence-corrected chi connectivity index (χ4v) is 0.150. The largest absolute Gasteiger partial charge is 0.455 e. The maximum atomic E-state index is 11.4. The van der Waals surface area contributed by atoms with Gasteiger partial charge in [0.2, 0.25) is 0 Å². The molecule has 62 valence electrons. The van der Waals surface area contributed by atoms with Gasteiger partial charge in [-0.25, -0.2) is 0 Å². The highest BCUT2D eigenvalue weighted by Crippen LogP contribution is 2.35. The van der Waals surface area contributed by atoms with Gasteiger partial charge in [0.1, 0.15) is 0 Å². The Bertz CT molecular complexity index is 106. The van der Waals surface area contributed by atoms with Gasteiger partial charge in [0.05, 0.1) is 0 Å². The molecule has 0 radical (unpaired) electrons. The molecule has 1 nitrogen and oxygen atoms in total. The third-order valence-corrected chi connectivity index (χ3v) is 0.651. The molecule has 7 heteroatoms. The van der Waals surface area contributed by atoms with Crippen molar-refractivity contribution in [3.05, 3.63) is 0 Å². The Kier molecular flexibility index (Phi) is 2.53. The summed E-state index contributed by atoms with van der Waals surface area (Å²) in [5.74, 6) is -5.11. The number of halogens is 6. The van der Waals surface area contributed by atoms with Crippen LogP contribution in [0, 0.1) is 0 Å². The third-order valence-electron chi connectivity index (χ3n) is 0.651. The molecular formula is C3H2F6O. The molecule has 0 N–H and O–H groups in total. The van der Waals surface area contributed by atoms with E-state index in [0.717, 1.165) is 0 Å². The number of rotatable bonds is 2. The van der Waals surface area contributed by atoms with Crippen LogP contribution in [0.1, 0.15) is 0 Å². The molecule has 0 amide bonds. The van der Waals surface area contributed by atoms with Crippen molar-refractivity contribution < 1.29 is 31.4 Å². The van der Waals surface area contributed by atoms with Gasteiger partial charge in [0.25, 0.3) is 0 Å². The average Bonchev–Trinajstić information content (AvgIpc) is 1.61. The summed E-state index contributed by atoms with van der Waals surface area (Å²) < 4.78 is 66.5.